The highest BCUT2D eigenvalue weighted by Gasteiger charge is 2.11. The van der Waals surface area contributed by atoms with Gasteiger partial charge in [-0.3, -0.25) is 4.98 Å². The Morgan fingerprint density at radius 3 is 2.48 bits per heavy atom. The van der Waals surface area contributed by atoms with Crippen molar-refractivity contribution in [2.75, 3.05) is 36.9 Å². The second-order valence-electron chi connectivity index (χ2n) is 4.99. The Morgan fingerprint density at radius 1 is 1.14 bits per heavy atom. The fourth-order valence-electron chi connectivity index (χ4n) is 2.46. The number of benzene rings is 1. The van der Waals surface area contributed by atoms with E-state index in [0.29, 0.717) is 11.4 Å². The minimum absolute atomic E-state index is 0.503. The van der Waals surface area contributed by atoms with E-state index in [1.807, 2.05) is 6.07 Å². The van der Waals surface area contributed by atoms with Crippen LogP contribution in [0, 0.1) is 5.41 Å². The van der Waals surface area contributed by atoms with Crippen molar-refractivity contribution in [2.45, 2.75) is 0 Å². The number of aromatic nitrogens is 1. The third kappa shape index (κ3) is 2.87. The van der Waals surface area contributed by atoms with Crippen LogP contribution < -0.4 is 10.6 Å². The molecule has 2 heterocycles. The van der Waals surface area contributed by atoms with E-state index in [2.05, 4.69) is 34.1 Å². The van der Waals surface area contributed by atoms with Gasteiger partial charge in [-0.2, -0.15) is 0 Å². The summed E-state index contributed by atoms with van der Waals surface area (Å²) in [6.45, 7) is 3.43. The fourth-order valence-corrected chi connectivity index (χ4v) is 2.46. The largest absolute Gasteiger partial charge is 0.397 e. The molecule has 0 radical (unpaired) electrons. The maximum absolute atomic E-state index is 7.22. The van der Waals surface area contributed by atoms with Gasteiger partial charge < -0.3 is 20.8 Å². The standard InChI is InChI=1S/C16H18N4O/c17-10-16-15(18)9-13(11-19-16)12-1-3-14(4-2-12)20-5-7-21-8-6-20/h1-4,9-11,17H,5-8,18H2. The van der Waals surface area contributed by atoms with Gasteiger partial charge in [0, 0.05) is 36.8 Å². The number of nitrogens with zero attached hydrogens (tertiary/aromatic N) is 2. The van der Waals surface area contributed by atoms with Crippen LogP contribution in [0.1, 0.15) is 5.69 Å². The number of pyridine rings is 1. The number of hydrogen-bond donors (Lipinski definition) is 2. The predicted molar refractivity (Wildman–Crippen MR) is 85.0 cm³/mol. The van der Waals surface area contributed by atoms with Gasteiger partial charge in [0.05, 0.1) is 18.9 Å². The molecule has 0 aliphatic carbocycles. The summed E-state index contributed by atoms with van der Waals surface area (Å²) < 4.78 is 5.37. The summed E-state index contributed by atoms with van der Waals surface area (Å²) >= 11 is 0. The van der Waals surface area contributed by atoms with Crippen molar-refractivity contribution in [1.29, 1.82) is 5.41 Å². The normalized spacial score (nSPS) is 15.0. The van der Waals surface area contributed by atoms with Crippen LogP contribution in [0.3, 0.4) is 0 Å². The Balaban J connectivity index is 1.83. The topological polar surface area (TPSA) is 75.2 Å². The van der Waals surface area contributed by atoms with E-state index in [9.17, 15) is 0 Å². The molecule has 1 aromatic carbocycles. The summed E-state index contributed by atoms with van der Waals surface area (Å²) in [6.07, 6.45) is 2.92. The number of nitrogens with two attached hydrogens (primary N) is 1. The van der Waals surface area contributed by atoms with Crippen molar-refractivity contribution >= 4 is 17.6 Å². The number of morpholine rings is 1. The lowest BCUT2D eigenvalue weighted by Crippen LogP contribution is -2.36. The zero-order chi connectivity index (χ0) is 14.7. The van der Waals surface area contributed by atoms with Crippen molar-refractivity contribution in [3.63, 3.8) is 0 Å². The van der Waals surface area contributed by atoms with Crippen molar-refractivity contribution in [2.24, 2.45) is 0 Å². The molecule has 1 aliphatic rings. The third-order valence-electron chi connectivity index (χ3n) is 3.66. The Bertz CT molecular complexity index is 633. The highest BCUT2D eigenvalue weighted by Crippen LogP contribution is 2.25. The lowest BCUT2D eigenvalue weighted by atomic mass is 10.1. The molecule has 0 saturated carbocycles. The van der Waals surface area contributed by atoms with E-state index in [0.717, 1.165) is 37.4 Å². The number of anilines is 2. The number of nitrogen functional groups attached to an aromatic ring is 1. The molecule has 5 nitrogen and oxygen atoms in total. The van der Waals surface area contributed by atoms with E-state index < -0.39 is 0 Å². The molecule has 1 aromatic heterocycles. The molecule has 0 unspecified atom stereocenters. The molecule has 2 aromatic rings. The fraction of sp³-hybridized carbons (Fsp3) is 0.250. The van der Waals surface area contributed by atoms with Gasteiger partial charge in [-0.1, -0.05) is 12.1 Å². The first-order chi connectivity index (χ1) is 10.3. The maximum Gasteiger partial charge on any atom is 0.103 e. The van der Waals surface area contributed by atoms with Crippen LogP contribution in [0.2, 0.25) is 0 Å². The first-order valence-corrected chi connectivity index (χ1v) is 6.97. The van der Waals surface area contributed by atoms with Crippen molar-refractivity contribution in [3.05, 3.63) is 42.2 Å². The number of ether oxygens (including phenoxy) is 1. The Labute approximate surface area is 123 Å². The molecule has 3 N–H and O–H groups in total. The van der Waals surface area contributed by atoms with Crippen molar-refractivity contribution in [3.8, 4) is 11.1 Å². The third-order valence-corrected chi connectivity index (χ3v) is 3.66. The second kappa shape index (κ2) is 5.93. The number of rotatable bonds is 3. The highest BCUT2D eigenvalue weighted by atomic mass is 16.5. The summed E-state index contributed by atoms with van der Waals surface area (Å²) in [5.41, 5.74) is 10.2. The van der Waals surface area contributed by atoms with Crippen molar-refractivity contribution in [1.82, 2.24) is 4.98 Å². The first-order valence-electron chi connectivity index (χ1n) is 6.97. The molecule has 0 spiro atoms. The minimum Gasteiger partial charge on any atom is -0.397 e. The molecular formula is C16H18N4O. The van der Waals surface area contributed by atoms with Crippen molar-refractivity contribution < 1.29 is 4.74 Å². The first kappa shape index (κ1) is 13.6. The summed E-state index contributed by atoms with van der Waals surface area (Å²) in [5.74, 6) is 0. The summed E-state index contributed by atoms with van der Waals surface area (Å²) in [6, 6.07) is 10.2. The molecule has 0 amide bonds. The average molecular weight is 282 g/mol. The number of hydrogen-bond acceptors (Lipinski definition) is 5. The van der Waals surface area contributed by atoms with Gasteiger partial charge in [0.25, 0.3) is 0 Å². The highest BCUT2D eigenvalue weighted by molar-refractivity contribution is 5.84. The van der Waals surface area contributed by atoms with Crippen LogP contribution in [-0.2, 0) is 4.74 Å². The summed E-state index contributed by atoms with van der Waals surface area (Å²) in [5, 5.41) is 7.22. The van der Waals surface area contributed by atoms with E-state index in [1.54, 1.807) is 6.20 Å². The molecule has 5 heteroatoms. The predicted octanol–water partition coefficient (Wildman–Crippen LogP) is 2.17. The molecule has 1 saturated heterocycles. The minimum atomic E-state index is 0.503. The number of nitrogens with one attached hydrogen (secondary N) is 1. The molecule has 1 fully saturated rings. The lowest BCUT2D eigenvalue weighted by Gasteiger charge is -2.28. The van der Waals surface area contributed by atoms with E-state index >= 15 is 0 Å². The lowest BCUT2D eigenvalue weighted by molar-refractivity contribution is 0.122. The second-order valence-corrected chi connectivity index (χ2v) is 4.99. The van der Waals surface area contributed by atoms with E-state index in [4.69, 9.17) is 15.9 Å². The zero-order valence-corrected chi connectivity index (χ0v) is 11.7. The van der Waals surface area contributed by atoms with Gasteiger partial charge in [-0.05, 0) is 23.8 Å². The van der Waals surface area contributed by atoms with E-state index in [1.165, 1.54) is 11.9 Å². The summed E-state index contributed by atoms with van der Waals surface area (Å²) in [7, 11) is 0. The Kier molecular flexibility index (Phi) is 3.83. The van der Waals surface area contributed by atoms with Gasteiger partial charge in [0.2, 0.25) is 0 Å². The van der Waals surface area contributed by atoms with Crippen LogP contribution in [0.15, 0.2) is 36.5 Å². The van der Waals surface area contributed by atoms with Crippen LogP contribution in [0.4, 0.5) is 11.4 Å². The Hall–Kier alpha value is -2.40. The van der Waals surface area contributed by atoms with Gasteiger partial charge in [0.1, 0.15) is 5.69 Å². The Morgan fingerprint density at radius 2 is 1.86 bits per heavy atom. The van der Waals surface area contributed by atoms with Crippen LogP contribution in [0.25, 0.3) is 11.1 Å². The molecular weight excluding hydrogens is 264 g/mol. The molecule has 0 atom stereocenters. The summed E-state index contributed by atoms with van der Waals surface area (Å²) in [4.78, 5) is 6.51. The molecule has 0 bridgehead atoms. The molecule has 21 heavy (non-hydrogen) atoms. The molecule has 1 aliphatic heterocycles. The van der Waals surface area contributed by atoms with Crippen LogP contribution >= 0.6 is 0 Å². The SMILES string of the molecule is N=Cc1ncc(-c2ccc(N3CCOCC3)cc2)cc1N. The van der Waals surface area contributed by atoms with Crippen LogP contribution in [-0.4, -0.2) is 37.5 Å². The molecule has 108 valence electrons. The molecule has 3 rings (SSSR count). The average Bonchev–Trinajstić information content (AvgIpc) is 2.56. The quantitative estimate of drug-likeness (QED) is 0.846. The van der Waals surface area contributed by atoms with Gasteiger partial charge in [-0.15, -0.1) is 0 Å². The van der Waals surface area contributed by atoms with Gasteiger partial charge in [-0.25, -0.2) is 0 Å². The maximum atomic E-state index is 7.22. The van der Waals surface area contributed by atoms with Crippen LogP contribution in [0.5, 0.6) is 0 Å². The van der Waals surface area contributed by atoms with Gasteiger partial charge in [0.15, 0.2) is 0 Å². The van der Waals surface area contributed by atoms with E-state index in [-0.39, 0.29) is 0 Å². The van der Waals surface area contributed by atoms with Gasteiger partial charge >= 0.3 is 0 Å². The zero-order valence-electron chi connectivity index (χ0n) is 11.7. The monoisotopic (exact) mass is 282 g/mol. The smallest absolute Gasteiger partial charge is 0.103 e.